The highest BCUT2D eigenvalue weighted by molar-refractivity contribution is 6.46. The fourth-order valence-corrected chi connectivity index (χ4v) is 4.13. The summed E-state index contributed by atoms with van der Waals surface area (Å²) < 4.78 is 7.43. The standard InChI is InChI=1S/C25H24ClN3O4/c1-2-33-20-6-3-5-18(15-20)23(30)21-22(17-7-9-19(26)10-8-17)29(25(32)24(21)31)13-4-12-28-14-11-27-16-28/h3,5-11,14-16,22,30H,2,4,12-13H2,1H3/b23-21+. The number of ether oxygens (including phenoxy) is 1. The molecule has 1 aromatic heterocycles. The number of aromatic nitrogens is 2. The first-order valence-electron chi connectivity index (χ1n) is 10.7. The van der Waals surface area contributed by atoms with Crippen LogP contribution in [-0.2, 0) is 16.1 Å². The van der Waals surface area contributed by atoms with Gasteiger partial charge in [0.2, 0.25) is 0 Å². The summed E-state index contributed by atoms with van der Waals surface area (Å²) in [6.07, 6.45) is 5.86. The Labute approximate surface area is 196 Å². The second-order valence-corrected chi connectivity index (χ2v) is 8.10. The van der Waals surface area contributed by atoms with Gasteiger partial charge in [-0.05, 0) is 43.2 Å². The molecular formula is C25H24ClN3O4. The molecule has 7 nitrogen and oxygen atoms in total. The van der Waals surface area contributed by atoms with E-state index in [0.717, 1.165) is 0 Å². The van der Waals surface area contributed by atoms with Gasteiger partial charge in [-0.1, -0.05) is 35.9 Å². The molecule has 33 heavy (non-hydrogen) atoms. The molecule has 0 bridgehead atoms. The number of rotatable bonds is 8. The number of aliphatic hydroxyl groups excluding tert-OH is 1. The van der Waals surface area contributed by atoms with E-state index in [1.54, 1.807) is 61.1 Å². The third-order valence-electron chi connectivity index (χ3n) is 5.52. The summed E-state index contributed by atoms with van der Waals surface area (Å²) in [5.41, 5.74) is 1.17. The van der Waals surface area contributed by atoms with Gasteiger partial charge in [0.05, 0.1) is 24.5 Å². The summed E-state index contributed by atoms with van der Waals surface area (Å²) in [6.45, 7) is 3.32. The van der Waals surface area contributed by atoms with E-state index in [0.29, 0.717) is 48.0 Å². The van der Waals surface area contributed by atoms with E-state index >= 15 is 0 Å². The highest BCUT2D eigenvalue weighted by Gasteiger charge is 2.45. The van der Waals surface area contributed by atoms with Crippen molar-refractivity contribution in [1.82, 2.24) is 14.5 Å². The summed E-state index contributed by atoms with van der Waals surface area (Å²) in [4.78, 5) is 31.7. The Balaban J connectivity index is 1.73. The van der Waals surface area contributed by atoms with Gasteiger partial charge in [0.15, 0.2) is 0 Å². The number of halogens is 1. The maximum absolute atomic E-state index is 13.1. The maximum Gasteiger partial charge on any atom is 0.295 e. The van der Waals surface area contributed by atoms with Gasteiger partial charge in [-0.3, -0.25) is 9.59 Å². The first-order chi connectivity index (χ1) is 16.0. The van der Waals surface area contributed by atoms with Crippen molar-refractivity contribution in [3.05, 3.63) is 89.0 Å². The Kier molecular flexibility index (Phi) is 6.79. The van der Waals surface area contributed by atoms with Gasteiger partial charge in [0.25, 0.3) is 11.7 Å². The zero-order valence-electron chi connectivity index (χ0n) is 18.1. The molecular weight excluding hydrogens is 442 g/mol. The number of likely N-dealkylation sites (tertiary alicyclic amines) is 1. The molecule has 0 aliphatic carbocycles. The molecule has 8 heteroatoms. The minimum absolute atomic E-state index is 0.0543. The molecule has 0 radical (unpaired) electrons. The molecule has 1 fully saturated rings. The Bertz CT molecular complexity index is 1170. The molecule has 170 valence electrons. The number of hydrogen-bond donors (Lipinski definition) is 1. The molecule has 0 spiro atoms. The number of ketones is 1. The van der Waals surface area contributed by atoms with Crippen LogP contribution in [0.1, 0.15) is 30.5 Å². The summed E-state index contributed by atoms with van der Waals surface area (Å²) in [6, 6.07) is 13.1. The topological polar surface area (TPSA) is 84.7 Å². The van der Waals surface area contributed by atoms with E-state index in [4.69, 9.17) is 16.3 Å². The van der Waals surface area contributed by atoms with E-state index in [-0.39, 0.29) is 11.3 Å². The van der Waals surface area contributed by atoms with Gasteiger partial charge >= 0.3 is 0 Å². The molecule has 1 N–H and O–H groups in total. The summed E-state index contributed by atoms with van der Waals surface area (Å²) in [5, 5.41) is 11.7. The highest BCUT2D eigenvalue weighted by Crippen LogP contribution is 2.40. The minimum Gasteiger partial charge on any atom is -0.507 e. The zero-order valence-corrected chi connectivity index (χ0v) is 18.9. The number of benzene rings is 2. The van der Waals surface area contributed by atoms with Crippen LogP contribution >= 0.6 is 11.6 Å². The van der Waals surface area contributed by atoms with Gasteiger partial charge in [-0.25, -0.2) is 4.98 Å². The first-order valence-corrected chi connectivity index (χ1v) is 11.1. The summed E-state index contributed by atoms with van der Waals surface area (Å²) in [5.74, 6) is -1.01. The SMILES string of the molecule is CCOc1cccc(/C(O)=C2\C(=O)C(=O)N(CCCn3ccnc3)C2c2ccc(Cl)cc2)c1. The van der Waals surface area contributed by atoms with E-state index in [1.165, 1.54) is 4.90 Å². The number of carbonyl (C=O) groups is 2. The van der Waals surface area contributed by atoms with Crippen molar-refractivity contribution < 1.29 is 19.4 Å². The Hall–Kier alpha value is -3.58. The number of aliphatic hydroxyl groups is 1. The normalized spacial score (nSPS) is 17.5. The van der Waals surface area contributed by atoms with Crippen molar-refractivity contribution in [2.75, 3.05) is 13.2 Å². The molecule has 0 saturated carbocycles. The average Bonchev–Trinajstić information content (AvgIpc) is 3.42. The smallest absolute Gasteiger partial charge is 0.295 e. The fraction of sp³-hybridized carbons (Fsp3) is 0.240. The van der Waals surface area contributed by atoms with Crippen LogP contribution in [0.2, 0.25) is 5.02 Å². The van der Waals surface area contributed by atoms with Crippen LogP contribution in [0.3, 0.4) is 0 Å². The Morgan fingerprint density at radius 3 is 2.64 bits per heavy atom. The average molecular weight is 466 g/mol. The zero-order chi connectivity index (χ0) is 23.4. The van der Waals surface area contributed by atoms with Crippen LogP contribution in [0.25, 0.3) is 5.76 Å². The number of hydrogen-bond acceptors (Lipinski definition) is 5. The highest BCUT2D eigenvalue weighted by atomic mass is 35.5. The molecule has 3 aromatic rings. The molecule has 2 aromatic carbocycles. The number of amides is 1. The van der Waals surface area contributed by atoms with Crippen LogP contribution in [-0.4, -0.2) is 44.4 Å². The van der Waals surface area contributed by atoms with Gasteiger partial charge in [0.1, 0.15) is 11.5 Å². The molecule has 1 aliphatic rings. The lowest BCUT2D eigenvalue weighted by atomic mass is 9.95. The number of Topliss-reactive ketones (excluding diaryl/α,β-unsaturated/α-hetero) is 1. The monoisotopic (exact) mass is 465 g/mol. The first kappa shape index (κ1) is 22.6. The van der Waals surface area contributed by atoms with Gasteiger partial charge < -0.3 is 19.3 Å². The fourth-order valence-electron chi connectivity index (χ4n) is 4.00. The van der Waals surface area contributed by atoms with Crippen LogP contribution in [0.5, 0.6) is 5.75 Å². The third kappa shape index (κ3) is 4.78. The van der Waals surface area contributed by atoms with Crippen molar-refractivity contribution in [3.63, 3.8) is 0 Å². The summed E-state index contributed by atoms with van der Waals surface area (Å²) >= 11 is 6.06. The molecule has 1 aliphatic heterocycles. The third-order valence-corrected chi connectivity index (χ3v) is 5.77. The maximum atomic E-state index is 13.1. The predicted molar refractivity (Wildman–Crippen MR) is 125 cm³/mol. The molecule has 4 rings (SSSR count). The molecule has 1 amide bonds. The van der Waals surface area contributed by atoms with E-state index in [9.17, 15) is 14.7 Å². The van der Waals surface area contributed by atoms with E-state index < -0.39 is 17.7 Å². The van der Waals surface area contributed by atoms with E-state index in [2.05, 4.69) is 4.98 Å². The number of aryl methyl sites for hydroxylation is 1. The lowest BCUT2D eigenvalue weighted by Gasteiger charge is -2.25. The number of nitrogens with zero attached hydrogens (tertiary/aromatic N) is 3. The molecule has 1 saturated heterocycles. The van der Waals surface area contributed by atoms with Crippen molar-refractivity contribution >= 4 is 29.1 Å². The van der Waals surface area contributed by atoms with Crippen LogP contribution < -0.4 is 4.74 Å². The second kappa shape index (κ2) is 9.92. The molecule has 1 atom stereocenters. The van der Waals surface area contributed by atoms with Crippen LogP contribution in [0.4, 0.5) is 0 Å². The van der Waals surface area contributed by atoms with Gasteiger partial charge in [0, 0.05) is 36.1 Å². The van der Waals surface area contributed by atoms with Crippen molar-refractivity contribution in [2.24, 2.45) is 0 Å². The molecule has 1 unspecified atom stereocenters. The molecule has 2 heterocycles. The lowest BCUT2D eigenvalue weighted by Crippen LogP contribution is -2.31. The number of carbonyl (C=O) groups excluding carboxylic acids is 2. The predicted octanol–water partition coefficient (Wildman–Crippen LogP) is 4.45. The quantitative estimate of drug-likeness (QED) is 0.302. The van der Waals surface area contributed by atoms with Crippen LogP contribution in [0.15, 0.2) is 72.8 Å². The van der Waals surface area contributed by atoms with Crippen LogP contribution in [0, 0.1) is 0 Å². The Morgan fingerprint density at radius 1 is 1.15 bits per heavy atom. The largest absolute Gasteiger partial charge is 0.507 e. The van der Waals surface area contributed by atoms with Crippen molar-refractivity contribution in [1.29, 1.82) is 0 Å². The number of imidazole rings is 1. The van der Waals surface area contributed by atoms with Crippen molar-refractivity contribution in [2.45, 2.75) is 25.9 Å². The van der Waals surface area contributed by atoms with E-state index in [1.807, 2.05) is 17.7 Å². The lowest BCUT2D eigenvalue weighted by molar-refractivity contribution is -0.139. The van der Waals surface area contributed by atoms with Gasteiger partial charge in [-0.15, -0.1) is 0 Å². The van der Waals surface area contributed by atoms with Crippen molar-refractivity contribution in [3.8, 4) is 5.75 Å². The second-order valence-electron chi connectivity index (χ2n) is 7.66. The van der Waals surface area contributed by atoms with Gasteiger partial charge in [-0.2, -0.15) is 0 Å². The minimum atomic E-state index is -0.721. The summed E-state index contributed by atoms with van der Waals surface area (Å²) in [7, 11) is 0. The Morgan fingerprint density at radius 2 is 1.94 bits per heavy atom.